The summed E-state index contributed by atoms with van der Waals surface area (Å²) in [4.78, 5) is 16.2. The molecule has 5 heteroatoms. The highest BCUT2D eigenvalue weighted by molar-refractivity contribution is 6.25. The molecule has 0 saturated heterocycles. The largest absolute Gasteiger partial charge is 0.309 e. The first kappa shape index (κ1) is 36.5. The lowest BCUT2D eigenvalue weighted by Crippen LogP contribution is -2.33. The van der Waals surface area contributed by atoms with E-state index < -0.39 is 0 Å². The number of para-hydroxylation sites is 1. The molecular weight excluding hydrogens is 755 g/mol. The van der Waals surface area contributed by atoms with Crippen molar-refractivity contribution in [1.82, 2.24) is 24.1 Å². The zero-order chi connectivity index (χ0) is 41.7. The first-order valence-electron chi connectivity index (χ1n) is 21.7. The minimum atomic E-state index is -0.00185. The van der Waals surface area contributed by atoms with E-state index in [2.05, 4.69) is 207 Å². The summed E-state index contributed by atoms with van der Waals surface area (Å²) in [6, 6.07) is 63.2. The van der Waals surface area contributed by atoms with Gasteiger partial charge in [-0.3, -0.25) is 4.57 Å². The highest BCUT2D eigenvalue weighted by Crippen LogP contribution is 2.49. The van der Waals surface area contributed by atoms with Gasteiger partial charge < -0.3 is 4.57 Å². The third-order valence-corrected chi connectivity index (χ3v) is 13.6. The molecule has 0 spiro atoms. The van der Waals surface area contributed by atoms with Gasteiger partial charge in [-0.05, 0) is 99.2 Å². The van der Waals surface area contributed by atoms with Crippen LogP contribution >= 0.6 is 0 Å². The Morgan fingerprint density at radius 2 is 0.952 bits per heavy atom. The van der Waals surface area contributed by atoms with Gasteiger partial charge in [-0.1, -0.05) is 161 Å². The molecule has 3 heterocycles. The molecule has 0 bridgehead atoms. The van der Waals surface area contributed by atoms with E-state index >= 15 is 0 Å². The maximum Gasteiger partial charge on any atom is 0.238 e. The minimum absolute atomic E-state index is 0.00185. The van der Waals surface area contributed by atoms with Gasteiger partial charge in [-0.15, -0.1) is 0 Å². The number of rotatable bonds is 5. The van der Waals surface area contributed by atoms with Crippen molar-refractivity contribution in [3.05, 3.63) is 187 Å². The van der Waals surface area contributed by atoms with Gasteiger partial charge in [0, 0.05) is 38.4 Å². The zero-order valence-corrected chi connectivity index (χ0v) is 35.4. The molecular formula is C57H45N5. The molecule has 11 aromatic rings. The normalized spacial score (nSPS) is 14.6. The molecule has 3 aromatic heterocycles. The van der Waals surface area contributed by atoms with Crippen molar-refractivity contribution in [2.75, 3.05) is 0 Å². The Morgan fingerprint density at radius 3 is 1.69 bits per heavy atom. The van der Waals surface area contributed by atoms with Gasteiger partial charge in [0.25, 0.3) is 0 Å². The van der Waals surface area contributed by atoms with Gasteiger partial charge in [-0.2, -0.15) is 9.97 Å². The van der Waals surface area contributed by atoms with Gasteiger partial charge in [0.05, 0.1) is 22.1 Å². The summed E-state index contributed by atoms with van der Waals surface area (Å²) in [5, 5.41) is 7.25. The van der Waals surface area contributed by atoms with Crippen LogP contribution in [-0.2, 0) is 10.8 Å². The molecule has 0 aliphatic heterocycles. The molecule has 1 aliphatic rings. The fourth-order valence-corrected chi connectivity index (χ4v) is 10.3. The predicted octanol–water partition coefficient (Wildman–Crippen LogP) is 14.6. The number of hydrogen-bond acceptors (Lipinski definition) is 3. The van der Waals surface area contributed by atoms with Crippen LogP contribution in [0.2, 0.25) is 0 Å². The molecule has 0 atom stereocenters. The van der Waals surface area contributed by atoms with Gasteiger partial charge in [-0.25, -0.2) is 4.98 Å². The second kappa shape index (κ2) is 13.6. The molecule has 0 saturated carbocycles. The van der Waals surface area contributed by atoms with Crippen LogP contribution in [0.4, 0.5) is 0 Å². The highest BCUT2D eigenvalue weighted by atomic mass is 15.2. The van der Waals surface area contributed by atoms with E-state index in [4.69, 9.17) is 15.0 Å². The Balaban J connectivity index is 1.25. The zero-order valence-electron chi connectivity index (χ0n) is 35.4. The van der Waals surface area contributed by atoms with Crippen molar-refractivity contribution in [2.45, 2.75) is 51.4 Å². The molecule has 0 unspecified atom stereocenters. The molecule has 298 valence electrons. The summed E-state index contributed by atoms with van der Waals surface area (Å²) in [7, 11) is 0. The quantitative estimate of drug-likeness (QED) is 0.174. The fourth-order valence-electron chi connectivity index (χ4n) is 10.3. The van der Waals surface area contributed by atoms with Crippen molar-refractivity contribution in [2.24, 2.45) is 0 Å². The van der Waals surface area contributed by atoms with Crippen LogP contribution in [0.15, 0.2) is 176 Å². The number of hydrogen-bond donors (Lipinski definition) is 0. The number of aromatic nitrogens is 5. The van der Waals surface area contributed by atoms with Crippen molar-refractivity contribution in [1.29, 1.82) is 0 Å². The standard InChI is InChI=1S/C57H45N5/c1-56(2)30-31-57(3,4)47-35-51-43(32-46(47)56)44-33-50-45(52-41-26-15-14-20-37(41)28-29-48(52)61(50)39-23-12-7-13-24-39)34-49(44)62(51)55-59-53(38-21-10-6-11-22-38)58-54(60-55)42-27-17-16-25-40(42)36-18-8-5-9-19-36/h5-29,32-35H,30-31H2,1-4H3. The topological polar surface area (TPSA) is 48.5 Å². The molecule has 0 fully saturated rings. The van der Waals surface area contributed by atoms with Gasteiger partial charge in [0.1, 0.15) is 0 Å². The molecule has 12 rings (SSSR count). The smallest absolute Gasteiger partial charge is 0.238 e. The van der Waals surface area contributed by atoms with E-state index in [0.717, 1.165) is 51.8 Å². The SMILES string of the molecule is CC1(C)CCC(C)(C)c2cc3c(cc21)c1cc2c(cc1n3-c1nc(-c3ccccc3)nc(-c3ccccc3-c3ccccc3)n1)c1c3ccccc3ccc1n2-c1ccccc1. The van der Waals surface area contributed by atoms with Gasteiger partial charge in [0.15, 0.2) is 11.6 Å². The molecule has 0 radical (unpaired) electrons. The molecule has 1 aliphatic carbocycles. The van der Waals surface area contributed by atoms with Crippen molar-refractivity contribution < 1.29 is 0 Å². The van der Waals surface area contributed by atoms with E-state index in [0.29, 0.717) is 17.6 Å². The second-order valence-corrected chi connectivity index (χ2v) is 18.3. The first-order valence-corrected chi connectivity index (χ1v) is 21.7. The average Bonchev–Trinajstić information content (AvgIpc) is 3.81. The van der Waals surface area contributed by atoms with E-state index in [9.17, 15) is 0 Å². The second-order valence-electron chi connectivity index (χ2n) is 18.3. The van der Waals surface area contributed by atoms with E-state index in [1.165, 1.54) is 54.5 Å². The summed E-state index contributed by atoms with van der Waals surface area (Å²) in [6.45, 7) is 9.64. The van der Waals surface area contributed by atoms with Gasteiger partial charge in [0.2, 0.25) is 5.95 Å². The Hall–Kier alpha value is -7.37. The van der Waals surface area contributed by atoms with Crippen molar-refractivity contribution in [3.63, 3.8) is 0 Å². The van der Waals surface area contributed by atoms with Crippen LogP contribution in [0.3, 0.4) is 0 Å². The highest BCUT2D eigenvalue weighted by Gasteiger charge is 2.38. The molecule has 62 heavy (non-hydrogen) atoms. The Kier molecular flexibility index (Phi) is 7.98. The summed E-state index contributed by atoms with van der Waals surface area (Å²) in [6.07, 6.45) is 2.25. The van der Waals surface area contributed by atoms with Crippen molar-refractivity contribution in [3.8, 4) is 45.5 Å². The lowest BCUT2D eigenvalue weighted by atomic mass is 9.63. The summed E-state index contributed by atoms with van der Waals surface area (Å²) >= 11 is 0. The molecule has 8 aromatic carbocycles. The fraction of sp³-hybridized carbons (Fsp3) is 0.140. The number of fused-ring (bicyclic) bond motifs is 9. The summed E-state index contributed by atoms with van der Waals surface area (Å²) in [5.74, 6) is 1.87. The summed E-state index contributed by atoms with van der Waals surface area (Å²) in [5.41, 5.74) is 12.6. The Labute approximate surface area is 361 Å². The lowest BCUT2D eigenvalue weighted by molar-refractivity contribution is 0.332. The van der Waals surface area contributed by atoms with Crippen LogP contribution in [0.5, 0.6) is 0 Å². The van der Waals surface area contributed by atoms with E-state index in [-0.39, 0.29) is 10.8 Å². The minimum Gasteiger partial charge on any atom is -0.309 e. The third kappa shape index (κ3) is 5.58. The molecule has 0 N–H and O–H groups in total. The van der Waals surface area contributed by atoms with E-state index in [1.807, 2.05) is 6.07 Å². The lowest BCUT2D eigenvalue weighted by Gasteiger charge is -2.42. The molecule has 5 nitrogen and oxygen atoms in total. The van der Waals surface area contributed by atoms with Gasteiger partial charge >= 0.3 is 0 Å². The maximum absolute atomic E-state index is 5.52. The predicted molar refractivity (Wildman–Crippen MR) is 258 cm³/mol. The third-order valence-electron chi connectivity index (χ3n) is 13.6. The van der Waals surface area contributed by atoms with Crippen LogP contribution < -0.4 is 0 Å². The van der Waals surface area contributed by atoms with Crippen LogP contribution in [0.1, 0.15) is 51.7 Å². The average molecular weight is 800 g/mol. The number of benzene rings is 8. The first-order chi connectivity index (χ1) is 30.2. The monoisotopic (exact) mass is 799 g/mol. The Bertz CT molecular complexity index is 3560. The van der Waals surface area contributed by atoms with Crippen LogP contribution in [0.25, 0.3) is 99.9 Å². The summed E-state index contributed by atoms with van der Waals surface area (Å²) < 4.78 is 4.78. The van der Waals surface area contributed by atoms with Crippen LogP contribution in [0, 0.1) is 0 Å². The molecule has 0 amide bonds. The van der Waals surface area contributed by atoms with Crippen molar-refractivity contribution >= 4 is 54.4 Å². The van der Waals surface area contributed by atoms with E-state index in [1.54, 1.807) is 0 Å². The Morgan fingerprint density at radius 1 is 0.403 bits per heavy atom. The maximum atomic E-state index is 5.52. The number of nitrogens with zero attached hydrogens (tertiary/aromatic N) is 5. The van der Waals surface area contributed by atoms with Crippen LogP contribution in [-0.4, -0.2) is 24.1 Å².